The summed E-state index contributed by atoms with van der Waals surface area (Å²) in [5.74, 6) is -0.861. The summed E-state index contributed by atoms with van der Waals surface area (Å²) < 4.78 is 52.0. The van der Waals surface area contributed by atoms with E-state index in [4.69, 9.17) is 0 Å². The average molecular weight is 351 g/mol. The van der Waals surface area contributed by atoms with Crippen LogP contribution in [0.3, 0.4) is 0 Å². The number of anilines is 1. The number of rotatable bonds is 4. The molecule has 0 saturated carbocycles. The summed E-state index contributed by atoms with van der Waals surface area (Å²) in [6, 6.07) is 8.17. The number of benzene rings is 1. The first kappa shape index (κ1) is 16.9. The first-order valence-electron chi connectivity index (χ1n) is 7.38. The second-order valence-corrected chi connectivity index (χ2v) is 5.51. The van der Waals surface area contributed by atoms with Crippen LogP contribution in [0.25, 0.3) is 5.65 Å². The van der Waals surface area contributed by atoms with Gasteiger partial charge in [-0.1, -0.05) is 12.1 Å². The van der Waals surface area contributed by atoms with Crippen molar-refractivity contribution >= 4 is 17.2 Å². The van der Waals surface area contributed by atoms with E-state index in [1.54, 1.807) is 6.20 Å². The van der Waals surface area contributed by atoms with Crippen molar-refractivity contribution in [3.05, 3.63) is 65.9 Å². The zero-order chi connectivity index (χ0) is 18.0. The van der Waals surface area contributed by atoms with E-state index in [0.29, 0.717) is 11.4 Å². The first-order valence-corrected chi connectivity index (χ1v) is 7.38. The Kier molecular flexibility index (Phi) is 4.43. The topological polar surface area (TPSA) is 46.4 Å². The lowest BCUT2D eigenvalue weighted by atomic mass is 10.1. The average Bonchev–Trinajstić information content (AvgIpc) is 3.01. The lowest BCUT2D eigenvalue weighted by molar-refractivity contribution is -0.127. The van der Waals surface area contributed by atoms with Crippen molar-refractivity contribution in [2.24, 2.45) is 0 Å². The second-order valence-electron chi connectivity index (χ2n) is 5.51. The predicted molar refractivity (Wildman–Crippen MR) is 83.7 cm³/mol. The lowest BCUT2D eigenvalue weighted by Gasteiger charge is -2.09. The molecule has 0 aliphatic heterocycles. The second kappa shape index (κ2) is 6.54. The van der Waals surface area contributed by atoms with Crippen LogP contribution in [0.1, 0.15) is 11.3 Å². The van der Waals surface area contributed by atoms with E-state index in [2.05, 4.69) is 10.3 Å². The summed E-state index contributed by atoms with van der Waals surface area (Å²) in [4.78, 5) is 16.0. The van der Waals surface area contributed by atoms with Gasteiger partial charge < -0.3 is 9.72 Å². The zero-order valence-corrected chi connectivity index (χ0v) is 12.8. The number of carbonyl (C=O) groups excluding carboxylic acids is 1. The Balaban J connectivity index is 1.68. The smallest absolute Gasteiger partial charge is 0.326 e. The van der Waals surface area contributed by atoms with Crippen LogP contribution in [0.15, 0.2) is 48.8 Å². The summed E-state index contributed by atoms with van der Waals surface area (Å²) in [7, 11) is 0. The molecule has 130 valence electrons. The highest BCUT2D eigenvalue weighted by Crippen LogP contribution is 2.22. The third kappa shape index (κ3) is 4.14. The van der Waals surface area contributed by atoms with E-state index in [9.17, 15) is 22.4 Å². The fourth-order valence-electron chi connectivity index (χ4n) is 2.49. The maximum Gasteiger partial charge on any atom is 0.393 e. The third-order valence-corrected chi connectivity index (χ3v) is 3.57. The minimum Gasteiger partial charge on any atom is -0.326 e. The van der Waals surface area contributed by atoms with Gasteiger partial charge in [-0.2, -0.15) is 13.2 Å². The third-order valence-electron chi connectivity index (χ3n) is 3.57. The van der Waals surface area contributed by atoms with Crippen molar-refractivity contribution < 1.29 is 22.4 Å². The van der Waals surface area contributed by atoms with Crippen molar-refractivity contribution in [1.29, 1.82) is 0 Å². The van der Waals surface area contributed by atoms with E-state index >= 15 is 0 Å². The maximum absolute atomic E-state index is 13.6. The molecule has 0 aliphatic rings. The van der Waals surface area contributed by atoms with Crippen molar-refractivity contribution in [2.45, 2.75) is 19.0 Å². The molecule has 0 unspecified atom stereocenters. The van der Waals surface area contributed by atoms with Gasteiger partial charge in [0.05, 0.1) is 12.8 Å². The Labute approximate surface area is 140 Å². The van der Waals surface area contributed by atoms with E-state index in [1.165, 1.54) is 47.0 Å². The number of aromatic nitrogens is 2. The fourth-order valence-corrected chi connectivity index (χ4v) is 2.49. The molecule has 0 aliphatic carbocycles. The Morgan fingerprint density at radius 3 is 2.52 bits per heavy atom. The molecule has 1 aromatic carbocycles. The Hall–Kier alpha value is -2.90. The quantitative estimate of drug-likeness (QED) is 0.728. The van der Waals surface area contributed by atoms with E-state index in [0.717, 1.165) is 0 Å². The van der Waals surface area contributed by atoms with Gasteiger partial charge in [-0.25, -0.2) is 9.37 Å². The molecule has 0 saturated heterocycles. The summed E-state index contributed by atoms with van der Waals surface area (Å²) >= 11 is 0. The first-order chi connectivity index (χ1) is 11.8. The van der Waals surface area contributed by atoms with Crippen LogP contribution < -0.4 is 5.32 Å². The molecule has 0 atom stereocenters. The number of imidazole rings is 1. The van der Waals surface area contributed by atoms with Gasteiger partial charge in [0.2, 0.25) is 5.91 Å². The van der Waals surface area contributed by atoms with Gasteiger partial charge in [0.1, 0.15) is 0 Å². The molecule has 0 fully saturated rings. The van der Waals surface area contributed by atoms with Crippen LogP contribution in [0, 0.1) is 5.82 Å². The number of fused-ring (bicyclic) bond motifs is 1. The molecular weight excluding hydrogens is 338 g/mol. The van der Waals surface area contributed by atoms with Crippen molar-refractivity contribution in [3.63, 3.8) is 0 Å². The number of carbonyl (C=O) groups is 1. The zero-order valence-electron chi connectivity index (χ0n) is 12.8. The lowest BCUT2D eigenvalue weighted by Crippen LogP contribution is -2.16. The summed E-state index contributed by atoms with van der Waals surface area (Å²) in [6.07, 6.45) is -2.34. The Morgan fingerprint density at radius 2 is 1.84 bits per heavy atom. The molecule has 1 amide bonds. The summed E-state index contributed by atoms with van der Waals surface area (Å²) in [5, 5.41) is 2.60. The van der Waals surface area contributed by atoms with Crippen LogP contribution in [0.5, 0.6) is 0 Å². The monoisotopic (exact) mass is 351 g/mol. The molecule has 2 heterocycles. The number of nitrogens with zero attached hydrogens (tertiary/aromatic N) is 2. The van der Waals surface area contributed by atoms with Crippen LogP contribution >= 0.6 is 0 Å². The van der Waals surface area contributed by atoms with Crippen molar-refractivity contribution in [3.8, 4) is 0 Å². The van der Waals surface area contributed by atoms with E-state index < -0.39 is 18.4 Å². The highest BCUT2D eigenvalue weighted by molar-refractivity contribution is 5.92. The van der Waals surface area contributed by atoms with Gasteiger partial charge in [-0.3, -0.25) is 4.79 Å². The number of halogens is 4. The van der Waals surface area contributed by atoms with Crippen molar-refractivity contribution in [2.75, 3.05) is 5.32 Å². The van der Waals surface area contributed by atoms with Crippen LogP contribution in [-0.4, -0.2) is 21.5 Å². The Morgan fingerprint density at radius 1 is 1.12 bits per heavy atom. The van der Waals surface area contributed by atoms with Gasteiger partial charge in [-0.15, -0.1) is 0 Å². The molecule has 2 aromatic heterocycles. The van der Waals surface area contributed by atoms with Gasteiger partial charge in [0.25, 0.3) is 0 Å². The molecule has 1 N–H and O–H groups in total. The molecule has 4 nitrogen and oxygen atoms in total. The highest BCUT2D eigenvalue weighted by atomic mass is 19.4. The van der Waals surface area contributed by atoms with Gasteiger partial charge >= 0.3 is 6.18 Å². The van der Waals surface area contributed by atoms with Crippen LogP contribution in [0.2, 0.25) is 0 Å². The van der Waals surface area contributed by atoms with Gasteiger partial charge in [0.15, 0.2) is 11.5 Å². The molecule has 8 heteroatoms. The minimum atomic E-state index is -4.27. The molecular formula is C17H13F4N3O. The number of hydrogen-bond acceptors (Lipinski definition) is 2. The molecule has 0 radical (unpaired) electrons. The SMILES string of the molecule is O=C(Cc1ccc(F)c2nccn12)Nc1ccc(CC(F)(F)F)cc1. The van der Waals surface area contributed by atoms with Gasteiger partial charge in [0, 0.05) is 23.8 Å². The van der Waals surface area contributed by atoms with E-state index in [-0.39, 0.29) is 23.5 Å². The number of hydrogen-bond donors (Lipinski definition) is 1. The largest absolute Gasteiger partial charge is 0.393 e. The summed E-state index contributed by atoms with van der Waals surface area (Å²) in [6.45, 7) is 0. The maximum atomic E-state index is 13.6. The highest BCUT2D eigenvalue weighted by Gasteiger charge is 2.27. The summed E-state index contributed by atoms with van der Waals surface area (Å²) in [5.41, 5.74) is 1.17. The van der Waals surface area contributed by atoms with Crippen LogP contribution in [-0.2, 0) is 17.6 Å². The molecule has 0 bridgehead atoms. The number of nitrogens with one attached hydrogen (secondary N) is 1. The molecule has 3 rings (SSSR count). The molecule has 0 spiro atoms. The number of alkyl halides is 3. The van der Waals surface area contributed by atoms with Gasteiger partial charge in [-0.05, 0) is 29.8 Å². The molecule has 3 aromatic rings. The minimum absolute atomic E-state index is 0.0303. The molecule has 25 heavy (non-hydrogen) atoms. The van der Waals surface area contributed by atoms with Crippen LogP contribution in [0.4, 0.5) is 23.2 Å². The fraction of sp³-hybridized carbons (Fsp3) is 0.176. The van der Waals surface area contributed by atoms with E-state index in [1.807, 2.05) is 0 Å². The number of pyridine rings is 1. The predicted octanol–water partition coefficient (Wildman–Crippen LogP) is 3.76. The Bertz CT molecular complexity index is 900. The standard InChI is InChI=1S/C17H13F4N3O/c18-14-6-5-13(24-8-7-22-16(14)24)9-15(25)23-12-3-1-11(2-4-12)10-17(19,20)21/h1-8H,9-10H2,(H,23,25). The van der Waals surface area contributed by atoms with Crippen molar-refractivity contribution in [1.82, 2.24) is 9.38 Å². The normalized spacial score (nSPS) is 11.7. The number of amides is 1.